The average Bonchev–Trinajstić information content (AvgIpc) is 2.85. The predicted octanol–water partition coefficient (Wildman–Crippen LogP) is 3.51. The van der Waals surface area contributed by atoms with Gasteiger partial charge in [0.25, 0.3) is 0 Å². The van der Waals surface area contributed by atoms with E-state index in [1.807, 2.05) is 0 Å². The number of primary amides is 1. The summed E-state index contributed by atoms with van der Waals surface area (Å²) in [5.74, 6) is -1.52. The van der Waals surface area contributed by atoms with E-state index in [2.05, 4.69) is 21.0 Å². The van der Waals surface area contributed by atoms with Crippen molar-refractivity contribution in [3.63, 3.8) is 0 Å². The number of hydrogen-bond acceptors (Lipinski definition) is 6. The number of alkyl halides is 3. The Labute approximate surface area is 223 Å². The monoisotopic (exact) mass is 569 g/mol. The van der Waals surface area contributed by atoms with Gasteiger partial charge in [0.05, 0.1) is 34.9 Å². The fourth-order valence-corrected chi connectivity index (χ4v) is 4.75. The van der Waals surface area contributed by atoms with Crippen LogP contribution in [0.5, 0.6) is 0 Å². The molecule has 0 unspecified atom stereocenters. The van der Waals surface area contributed by atoms with Crippen LogP contribution in [0.15, 0.2) is 65.8 Å². The molecule has 3 N–H and O–H groups in total. The van der Waals surface area contributed by atoms with Gasteiger partial charge >= 0.3 is 6.18 Å². The molecule has 1 aromatic heterocycles. The van der Waals surface area contributed by atoms with E-state index in [0.717, 1.165) is 40.7 Å². The summed E-state index contributed by atoms with van der Waals surface area (Å²) < 4.78 is 78.3. The number of carbonyl (C=O) groups excluding carboxylic acids is 2. The van der Waals surface area contributed by atoms with Crippen molar-refractivity contribution in [3.8, 4) is 11.3 Å². The number of hydrogen-bond donors (Lipinski definition) is 2. The molecule has 9 nitrogen and oxygen atoms in total. The van der Waals surface area contributed by atoms with Gasteiger partial charge in [-0.15, -0.1) is 0 Å². The Balaban J connectivity index is 0.00000124. The Morgan fingerprint density at radius 1 is 1.03 bits per heavy atom. The first-order valence-corrected chi connectivity index (χ1v) is 12.8. The van der Waals surface area contributed by atoms with Crippen LogP contribution in [0, 0.1) is 5.82 Å². The normalized spacial score (nSPS) is 11.6. The number of carbonyl (C=O) groups is 2. The van der Waals surface area contributed by atoms with Crippen LogP contribution < -0.4 is 11.1 Å². The summed E-state index contributed by atoms with van der Waals surface area (Å²) in [5.41, 5.74) is 4.86. The summed E-state index contributed by atoms with van der Waals surface area (Å²) in [4.78, 5) is 29.7. The highest BCUT2D eigenvalue weighted by molar-refractivity contribution is 7.89. The molecule has 0 saturated heterocycles. The Bertz CT molecular complexity index is 1380. The van der Waals surface area contributed by atoms with Gasteiger partial charge in [-0.2, -0.15) is 17.5 Å². The van der Waals surface area contributed by atoms with Crippen LogP contribution in [-0.4, -0.2) is 47.1 Å². The molecule has 0 spiro atoms. The van der Waals surface area contributed by atoms with Crippen LogP contribution in [0.2, 0.25) is 0 Å². The molecule has 0 aliphatic rings. The van der Waals surface area contributed by atoms with Gasteiger partial charge in [-0.25, -0.2) is 22.8 Å². The molecule has 0 bridgehead atoms. The summed E-state index contributed by atoms with van der Waals surface area (Å²) in [7, 11) is -4.05. The van der Waals surface area contributed by atoms with E-state index in [0.29, 0.717) is 17.0 Å². The van der Waals surface area contributed by atoms with Crippen molar-refractivity contribution in [1.29, 1.82) is 0 Å². The fraction of sp³-hybridized carbons (Fsp3) is 0.280. The summed E-state index contributed by atoms with van der Waals surface area (Å²) in [6, 6.07) is 9.72. The van der Waals surface area contributed by atoms with Gasteiger partial charge in [-0.3, -0.25) is 9.59 Å². The second-order valence-electron chi connectivity index (χ2n) is 8.46. The molecule has 0 aliphatic heterocycles. The van der Waals surface area contributed by atoms with Gasteiger partial charge in [-0.1, -0.05) is 12.1 Å². The lowest BCUT2D eigenvalue weighted by Gasteiger charge is -2.25. The standard InChI is InChI=1S/C23H22F4N4O3S.C2H5NO/c1-15(2)31(35(33,34)20-9-7-18(24)8-10-20)13-22(32)28-12-19-11-21(30-14-29-19)16-3-5-17(6-4-16)23(25,26)27;1-2(3)4/h3-11,14-15H,12-13H2,1-2H3,(H,28,32);1H3,(H2,3,4). The number of nitrogens with zero attached hydrogens (tertiary/aromatic N) is 3. The zero-order valence-corrected chi connectivity index (χ0v) is 22.1. The largest absolute Gasteiger partial charge is 0.416 e. The predicted molar refractivity (Wildman–Crippen MR) is 135 cm³/mol. The first-order valence-electron chi connectivity index (χ1n) is 11.4. The lowest BCUT2D eigenvalue weighted by atomic mass is 10.1. The highest BCUT2D eigenvalue weighted by Gasteiger charge is 2.30. The second-order valence-corrected chi connectivity index (χ2v) is 10.3. The third-order valence-electron chi connectivity index (χ3n) is 4.99. The quantitative estimate of drug-likeness (QED) is 0.399. The summed E-state index contributed by atoms with van der Waals surface area (Å²) in [6.45, 7) is 3.98. The van der Waals surface area contributed by atoms with Gasteiger partial charge in [0.15, 0.2) is 0 Å². The Morgan fingerprint density at radius 2 is 1.59 bits per heavy atom. The van der Waals surface area contributed by atoms with Crippen molar-refractivity contribution in [1.82, 2.24) is 19.6 Å². The molecular weight excluding hydrogens is 542 g/mol. The maximum absolute atomic E-state index is 13.2. The maximum atomic E-state index is 13.2. The fourth-order valence-electron chi connectivity index (χ4n) is 3.16. The van der Waals surface area contributed by atoms with E-state index in [9.17, 15) is 35.6 Å². The molecule has 0 saturated carbocycles. The van der Waals surface area contributed by atoms with E-state index in [4.69, 9.17) is 0 Å². The molecule has 1 heterocycles. The molecule has 0 radical (unpaired) electrons. The number of benzene rings is 2. The maximum Gasteiger partial charge on any atom is 0.416 e. The number of amides is 2. The Hall–Kier alpha value is -3.91. The minimum Gasteiger partial charge on any atom is -0.370 e. The third-order valence-corrected chi connectivity index (χ3v) is 7.03. The Morgan fingerprint density at radius 3 is 2.10 bits per heavy atom. The van der Waals surface area contributed by atoms with E-state index in [1.54, 1.807) is 13.8 Å². The third kappa shape index (κ3) is 9.41. The first kappa shape index (κ1) is 31.3. The van der Waals surface area contributed by atoms with Gasteiger partial charge < -0.3 is 11.1 Å². The zero-order chi connectivity index (χ0) is 29.4. The van der Waals surface area contributed by atoms with Crippen LogP contribution in [0.25, 0.3) is 11.3 Å². The summed E-state index contributed by atoms with van der Waals surface area (Å²) in [6.07, 6.45) is -3.23. The van der Waals surface area contributed by atoms with E-state index >= 15 is 0 Å². The van der Waals surface area contributed by atoms with Gasteiger partial charge in [0.2, 0.25) is 21.8 Å². The number of nitrogens with two attached hydrogens (primary N) is 1. The number of nitrogens with one attached hydrogen (secondary N) is 1. The van der Waals surface area contributed by atoms with Crippen molar-refractivity contribution in [2.45, 2.75) is 44.4 Å². The van der Waals surface area contributed by atoms with Crippen molar-refractivity contribution in [3.05, 3.63) is 78.0 Å². The smallest absolute Gasteiger partial charge is 0.370 e. The molecule has 2 aromatic carbocycles. The van der Waals surface area contributed by atoms with Crippen LogP contribution in [0.3, 0.4) is 0 Å². The van der Waals surface area contributed by atoms with E-state index in [1.165, 1.54) is 31.5 Å². The first-order chi connectivity index (χ1) is 18.1. The van der Waals surface area contributed by atoms with Gasteiger partial charge in [0, 0.05) is 18.5 Å². The van der Waals surface area contributed by atoms with E-state index in [-0.39, 0.29) is 17.3 Å². The topological polar surface area (TPSA) is 135 Å². The Kier molecular flexibility index (Phi) is 10.6. The molecule has 210 valence electrons. The average molecular weight is 570 g/mol. The molecule has 39 heavy (non-hydrogen) atoms. The number of rotatable bonds is 8. The van der Waals surface area contributed by atoms with Crippen LogP contribution >= 0.6 is 0 Å². The van der Waals surface area contributed by atoms with Crippen molar-refractivity contribution < 1.29 is 35.6 Å². The molecule has 0 atom stereocenters. The minimum atomic E-state index is -4.45. The molecule has 3 rings (SSSR count). The van der Waals surface area contributed by atoms with Crippen molar-refractivity contribution >= 4 is 21.8 Å². The van der Waals surface area contributed by atoms with Crippen LogP contribution in [0.4, 0.5) is 17.6 Å². The number of aromatic nitrogens is 2. The SMILES string of the molecule is CC(C)N(CC(=O)NCc1cc(-c2ccc(C(F)(F)F)cc2)ncn1)S(=O)(=O)c1ccc(F)cc1.CC(N)=O. The lowest BCUT2D eigenvalue weighted by molar-refractivity contribution is -0.137. The highest BCUT2D eigenvalue weighted by Crippen LogP contribution is 2.30. The van der Waals surface area contributed by atoms with Gasteiger partial charge in [0.1, 0.15) is 12.1 Å². The zero-order valence-electron chi connectivity index (χ0n) is 21.2. The van der Waals surface area contributed by atoms with Crippen LogP contribution in [0.1, 0.15) is 32.0 Å². The molecule has 0 aliphatic carbocycles. The molecular formula is C25H27F4N5O4S. The summed E-state index contributed by atoms with van der Waals surface area (Å²) >= 11 is 0. The van der Waals surface area contributed by atoms with Gasteiger partial charge in [-0.05, 0) is 56.3 Å². The van der Waals surface area contributed by atoms with Crippen LogP contribution in [-0.2, 0) is 32.3 Å². The second kappa shape index (κ2) is 13.2. The summed E-state index contributed by atoms with van der Waals surface area (Å²) in [5, 5.41) is 2.58. The van der Waals surface area contributed by atoms with E-state index < -0.39 is 46.1 Å². The van der Waals surface area contributed by atoms with Crippen molar-refractivity contribution in [2.24, 2.45) is 5.73 Å². The number of halogens is 4. The lowest BCUT2D eigenvalue weighted by Crippen LogP contribution is -2.44. The molecule has 2 amide bonds. The molecule has 3 aromatic rings. The minimum absolute atomic E-state index is 0.0580. The molecule has 14 heteroatoms. The highest BCUT2D eigenvalue weighted by atomic mass is 32.2. The number of sulfonamides is 1. The molecule has 0 fully saturated rings. The van der Waals surface area contributed by atoms with Crippen molar-refractivity contribution in [2.75, 3.05) is 6.54 Å².